The lowest BCUT2D eigenvalue weighted by atomic mass is 10.1. The molecule has 2 aliphatic rings. The van der Waals surface area contributed by atoms with Crippen LogP contribution in [0.5, 0.6) is 5.75 Å². The maximum absolute atomic E-state index is 12.7. The maximum Gasteiger partial charge on any atom is 0.252 e. The van der Waals surface area contributed by atoms with E-state index in [0.29, 0.717) is 26.6 Å². The van der Waals surface area contributed by atoms with E-state index in [9.17, 15) is 13.2 Å². The molecule has 30 heavy (non-hydrogen) atoms. The molecule has 10 heteroatoms. The Hall–Kier alpha value is -1.74. The first-order chi connectivity index (χ1) is 14.3. The molecule has 2 heterocycles. The number of anilines is 1. The number of fused-ring (bicyclic) bond motifs is 1. The number of benzene rings is 2. The summed E-state index contributed by atoms with van der Waals surface area (Å²) in [6.07, 6.45) is 0.0803. The van der Waals surface area contributed by atoms with Gasteiger partial charge in [-0.1, -0.05) is 53.2 Å². The predicted octanol–water partition coefficient (Wildman–Crippen LogP) is 3.85. The van der Waals surface area contributed by atoms with Crippen molar-refractivity contribution in [3.05, 3.63) is 58.1 Å². The van der Waals surface area contributed by atoms with Gasteiger partial charge in [-0.05, 0) is 24.3 Å². The van der Waals surface area contributed by atoms with Gasteiger partial charge < -0.3 is 9.64 Å². The molecule has 0 aliphatic carbocycles. The molecule has 4 rings (SSSR count). The van der Waals surface area contributed by atoms with Gasteiger partial charge in [0.25, 0.3) is 5.91 Å². The van der Waals surface area contributed by atoms with Crippen LogP contribution < -0.4 is 9.64 Å². The number of aliphatic imine (C=N–C) groups is 1. The van der Waals surface area contributed by atoms with E-state index in [0.717, 1.165) is 5.56 Å². The lowest BCUT2D eigenvalue weighted by Gasteiger charge is -2.24. The molecule has 2 aliphatic heterocycles. The number of thioether (sulfide) groups is 1. The summed E-state index contributed by atoms with van der Waals surface area (Å²) in [5.41, 5.74) is 1.39. The van der Waals surface area contributed by atoms with Crippen LogP contribution in [0.15, 0.2) is 47.5 Å². The zero-order valence-electron chi connectivity index (χ0n) is 15.9. The van der Waals surface area contributed by atoms with Crippen molar-refractivity contribution >= 4 is 61.6 Å². The molecule has 0 N–H and O–H groups in total. The van der Waals surface area contributed by atoms with Gasteiger partial charge in [-0.2, -0.15) is 4.99 Å². The Morgan fingerprint density at radius 3 is 2.70 bits per heavy atom. The molecule has 2 fully saturated rings. The van der Waals surface area contributed by atoms with E-state index in [-0.39, 0.29) is 35.1 Å². The summed E-state index contributed by atoms with van der Waals surface area (Å²) in [5.74, 6) is 0.342. The molecule has 158 valence electrons. The minimum absolute atomic E-state index is 0.00459. The Kier molecular flexibility index (Phi) is 6.03. The minimum atomic E-state index is -3.15. The van der Waals surface area contributed by atoms with E-state index < -0.39 is 9.84 Å². The number of rotatable bonds is 4. The monoisotopic (exact) mass is 484 g/mol. The highest BCUT2D eigenvalue weighted by Crippen LogP contribution is 2.42. The van der Waals surface area contributed by atoms with Gasteiger partial charge >= 0.3 is 0 Å². The van der Waals surface area contributed by atoms with Gasteiger partial charge in [-0.15, -0.1) is 0 Å². The number of ether oxygens (including phenoxy) is 1. The van der Waals surface area contributed by atoms with Crippen molar-refractivity contribution in [3.8, 4) is 5.75 Å². The van der Waals surface area contributed by atoms with Gasteiger partial charge in [0.2, 0.25) is 0 Å². The fourth-order valence-electron chi connectivity index (χ4n) is 3.66. The number of nitrogens with zero attached hydrogens (tertiary/aromatic N) is 2. The molecule has 0 aromatic heterocycles. The lowest BCUT2D eigenvalue weighted by Crippen LogP contribution is -2.37. The molecule has 0 bridgehead atoms. The van der Waals surface area contributed by atoms with Crippen LogP contribution in [-0.4, -0.2) is 49.4 Å². The molecule has 2 aromatic rings. The maximum atomic E-state index is 12.7. The summed E-state index contributed by atoms with van der Waals surface area (Å²) in [5, 5.41) is 1.03. The zero-order valence-corrected chi connectivity index (χ0v) is 19.1. The van der Waals surface area contributed by atoms with E-state index in [2.05, 4.69) is 4.99 Å². The number of amides is 1. The van der Waals surface area contributed by atoms with Crippen LogP contribution in [0.2, 0.25) is 10.0 Å². The second-order valence-corrected chi connectivity index (χ2v) is 11.2. The third-order valence-electron chi connectivity index (χ3n) is 5.00. The average Bonchev–Trinajstić information content (AvgIpc) is 3.15. The molecule has 2 atom stereocenters. The Labute approximate surface area is 189 Å². The number of sulfone groups is 1. The van der Waals surface area contributed by atoms with E-state index in [1.54, 1.807) is 36.3 Å². The van der Waals surface area contributed by atoms with E-state index >= 15 is 0 Å². The SMILES string of the molecule is COc1ccccc1CC(=O)N=C1S[C@@H]2CS(=O)(=O)C[C@H]2N1c1ccc(Cl)c(Cl)c1. The van der Waals surface area contributed by atoms with E-state index in [1.807, 2.05) is 18.2 Å². The summed E-state index contributed by atoms with van der Waals surface area (Å²) in [6, 6.07) is 12.0. The quantitative estimate of drug-likeness (QED) is 0.655. The fraction of sp³-hybridized carbons (Fsp3) is 0.300. The molecule has 0 spiro atoms. The van der Waals surface area contributed by atoms with Crippen molar-refractivity contribution in [1.29, 1.82) is 0 Å². The summed E-state index contributed by atoms with van der Waals surface area (Å²) in [7, 11) is -1.60. The molecule has 0 radical (unpaired) electrons. The van der Waals surface area contributed by atoms with Gasteiger partial charge in [0.1, 0.15) is 5.75 Å². The molecule has 2 saturated heterocycles. The fourth-order valence-corrected chi connectivity index (χ4v) is 7.88. The number of carbonyl (C=O) groups excluding carboxylic acids is 1. The number of methoxy groups -OCH3 is 1. The first-order valence-electron chi connectivity index (χ1n) is 9.12. The molecule has 1 amide bonds. The Morgan fingerprint density at radius 2 is 1.97 bits per heavy atom. The molecular weight excluding hydrogens is 467 g/mol. The van der Waals surface area contributed by atoms with E-state index in [4.69, 9.17) is 27.9 Å². The second-order valence-electron chi connectivity index (χ2n) is 7.05. The highest BCUT2D eigenvalue weighted by Gasteiger charge is 2.49. The van der Waals surface area contributed by atoms with Crippen LogP contribution in [0.4, 0.5) is 5.69 Å². The smallest absolute Gasteiger partial charge is 0.252 e. The Morgan fingerprint density at radius 1 is 1.20 bits per heavy atom. The highest BCUT2D eigenvalue weighted by molar-refractivity contribution is 8.16. The van der Waals surface area contributed by atoms with E-state index in [1.165, 1.54) is 11.8 Å². The second kappa shape index (κ2) is 8.42. The van der Waals surface area contributed by atoms with Crippen LogP contribution >= 0.6 is 35.0 Å². The number of carbonyl (C=O) groups is 1. The minimum Gasteiger partial charge on any atom is -0.496 e. The van der Waals surface area contributed by atoms with Gasteiger partial charge in [0.05, 0.1) is 41.1 Å². The summed E-state index contributed by atoms with van der Waals surface area (Å²) in [4.78, 5) is 18.9. The van der Waals surface area contributed by atoms with Crippen LogP contribution in [0, 0.1) is 0 Å². The van der Waals surface area contributed by atoms with Crippen LogP contribution in [-0.2, 0) is 21.1 Å². The first kappa shape index (κ1) is 21.5. The summed E-state index contributed by atoms with van der Waals surface area (Å²) < 4.78 is 29.7. The largest absolute Gasteiger partial charge is 0.496 e. The molecule has 6 nitrogen and oxygen atoms in total. The number of hydrogen-bond acceptors (Lipinski definition) is 5. The van der Waals surface area contributed by atoms with Gasteiger partial charge in [-0.3, -0.25) is 4.79 Å². The number of amidine groups is 1. The standard InChI is InChI=1S/C20H18Cl2N2O4S2/c1-28-17-5-3-2-4-12(17)8-19(25)23-20-24(13-6-7-14(21)15(22)9-13)16-10-30(26,27)11-18(16)29-20/h2-7,9,16,18H,8,10-11H2,1H3/t16-,18-/m1/s1. The van der Waals surface area contributed by atoms with Gasteiger partial charge in [-0.25, -0.2) is 8.42 Å². The lowest BCUT2D eigenvalue weighted by molar-refractivity contribution is -0.117. The average molecular weight is 485 g/mol. The van der Waals surface area contributed by atoms with Crippen molar-refractivity contribution in [2.24, 2.45) is 4.99 Å². The van der Waals surface area contributed by atoms with Crippen molar-refractivity contribution in [1.82, 2.24) is 0 Å². The van der Waals surface area contributed by atoms with Crippen molar-refractivity contribution < 1.29 is 17.9 Å². The molecular formula is C20H18Cl2N2O4S2. The van der Waals surface area contributed by atoms with Crippen LogP contribution in [0.1, 0.15) is 5.56 Å². The molecule has 0 unspecified atom stereocenters. The third-order valence-corrected chi connectivity index (χ3v) is 8.95. The third kappa shape index (κ3) is 4.32. The zero-order chi connectivity index (χ0) is 21.5. The number of para-hydroxylation sites is 1. The van der Waals surface area contributed by atoms with Crippen LogP contribution in [0.25, 0.3) is 0 Å². The molecule has 2 aromatic carbocycles. The predicted molar refractivity (Wildman–Crippen MR) is 122 cm³/mol. The summed E-state index contributed by atoms with van der Waals surface area (Å²) in [6.45, 7) is 0. The van der Waals surface area contributed by atoms with Gasteiger partial charge in [0, 0.05) is 16.5 Å². The van der Waals surface area contributed by atoms with Crippen LogP contribution in [0.3, 0.4) is 0 Å². The Bertz CT molecular complexity index is 1140. The topological polar surface area (TPSA) is 76.0 Å². The van der Waals surface area contributed by atoms with Crippen molar-refractivity contribution in [2.45, 2.75) is 17.7 Å². The Balaban J connectivity index is 1.66. The van der Waals surface area contributed by atoms with Gasteiger partial charge in [0.15, 0.2) is 15.0 Å². The summed E-state index contributed by atoms with van der Waals surface area (Å²) >= 11 is 13.5. The number of hydrogen-bond donors (Lipinski definition) is 0. The highest BCUT2D eigenvalue weighted by atomic mass is 35.5. The molecule has 0 saturated carbocycles. The number of halogens is 2. The first-order valence-corrected chi connectivity index (χ1v) is 12.6. The normalized spacial score (nSPS) is 23.6. The van der Waals surface area contributed by atoms with Crippen molar-refractivity contribution in [3.63, 3.8) is 0 Å². The van der Waals surface area contributed by atoms with Crippen molar-refractivity contribution in [2.75, 3.05) is 23.5 Å².